The first kappa shape index (κ1) is 29.4. The van der Waals surface area contributed by atoms with Crippen molar-refractivity contribution in [2.24, 2.45) is 0 Å². The fourth-order valence-corrected chi connectivity index (χ4v) is 3.77. The van der Waals surface area contributed by atoms with Gasteiger partial charge < -0.3 is 25.8 Å². The van der Waals surface area contributed by atoms with Gasteiger partial charge >= 0.3 is 5.97 Å². The molecule has 0 saturated carbocycles. The van der Waals surface area contributed by atoms with Crippen molar-refractivity contribution in [1.82, 2.24) is 20.9 Å². The quantitative estimate of drug-likeness (QED) is 0.164. The Hall–Kier alpha value is -4.19. The Morgan fingerprint density at radius 2 is 1.87 bits per heavy atom. The zero-order chi connectivity index (χ0) is 28.4. The first-order valence-electron chi connectivity index (χ1n) is 12.2. The average molecular weight is 557 g/mol. The molecule has 10 nitrogen and oxygen atoms in total. The second kappa shape index (κ2) is 14.1. The molecule has 2 atom stereocenters. The summed E-state index contributed by atoms with van der Waals surface area (Å²) in [6.45, 7) is 1.37. The number of hydrogen-bond donors (Lipinski definition) is 5. The normalized spacial score (nSPS) is 20.3. The third-order valence-corrected chi connectivity index (χ3v) is 5.89. The molecular formula is C27H29FN4O6S. The number of hydrogen-bond acceptors (Lipinski definition) is 8. The maximum atomic E-state index is 14.4. The summed E-state index contributed by atoms with van der Waals surface area (Å²) in [6.07, 6.45) is 3.95. The SMILES string of the molecule is C/C=C1\NC(=O)c2nc(ccc2F)CNC(=O)C[C@@H](/C=C/CCS)OC(=O)C(Cc2ccc(O)cc2)NC1=O. The summed E-state index contributed by atoms with van der Waals surface area (Å²) in [7, 11) is 0. The Bertz CT molecular complexity index is 1280. The highest BCUT2D eigenvalue weighted by atomic mass is 32.1. The van der Waals surface area contributed by atoms with Gasteiger partial charge in [0.2, 0.25) is 5.91 Å². The van der Waals surface area contributed by atoms with E-state index in [0.717, 1.165) is 6.07 Å². The molecule has 3 rings (SSSR count). The summed E-state index contributed by atoms with van der Waals surface area (Å²) < 4.78 is 20.0. The first-order chi connectivity index (χ1) is 18.7. The number of ether oxygens (including phenoxy) is 1. The van der Waals surface area contributed by atoms with E-state index in [0.29, 0.717) is 17.7 Å². The van der Waals surface area contributed by atoms with Gasteiger partial charge in [0.05, 0.1) is 18.7 Å². The fraction of sp³-hybridized carbons (Fsp3) is 0.296. The number of pyridine rings is 1. The highest BCUT2D eigenvalue weighted by Gasteiger charge is 2.28. The third kappa shape index (κ3) is 8.67. The summed E-state index contributed by atoms with van der Waals surface area (Å²) in [5.41, 5.74) is 0.00875. The largest absolute Gasteiger partial charge is 0.508 e. The van der Waals surface area contributed by atoms with Crippen molar-refractivity contribution in [2.45, 2.75) is 44.9 Å². The van der Waals surface area contributed by atoms with E-state index >= 15 is 0 Å². The van der Waals surface area contributed by atoms with Crippen molar-refractivity contribution < 1.29 is 33.4 Å². The lowest BCUT2D eigenvalue weighted by atomic mass is 10.1. The molecule has 0 radical (unpaired) electrons. The maximum Gasteiger partial charge on any atom is 0.329 e. The van der Waals surface area contributed by atoms with Gasteiger partial charge in [0, 0.05) is 6.42 Å². The highest BCUT2D eigenvalue weighted by Crippen LogP contribution is 2.14. The van der Waals surface area contributed by atoms with Gasteiger partial charge in [-0.1, -0.05) is 24.3 Å². The number of rotatable bonds is 5. The summed E-state index contributed by atoms with van der Waals surface area (Å²) in [5.74, 6) is -3.47. The summed E-state index contributed by atoms with van der Waals surface area (Å²) in [6, 6.07) is 7.13. The number of amides is 3. The number of halogens is 1. The van der Waals surface area contributed by atoms with Crippen LogP contribution in [0.5, 0.6) is 5.75 Å². The smallest absolute Gasteiger partial charge is 0.329 e. The first-order valence-corrected chi connectivity index (χ1v) is 12.8. The molecule has 1 aromatic carbocycles. The number of aromatic hydroxyl groups is 1. The number of nitrogens with one attached hydrogen (secondary N) is 3. The number of carbonyl (C=O) groups is 4. The lowest BCUT2D eigenvalue weighted by molar-refractivity contribution is -0.151. The van der Waals surface area contributed by atoms with Gasteiger partial charge in [0.15, 0.2) is 11.5 Å². The Labute approximate surface area is 230 Å². The van der Waals surface area contributed by atoms with Crippen molar-refractivity contribution in [2.75, 3.05) is 5.75 Å². The predicted octanol–water partition coefficient (Wildman–Crippen LogP) is 2.10. The zero-order valence-electron chi connectivity index (χ0n) is 21.1. The van der Waals surface area contributed by atoms with Crippen LogP contribution < -0.4 is 16.0 Å². The number of cyclic esters (lactones) is 1. The number of carbonyl (C=O) groups excluding carboxylic acids is 4. The van der Waals surface area contributed by atoms with E-state index in [1.807, 2.05) is 0 Å². The number of fused-ring (bicyclic) bond motifs is 2. The van der Waals surface area contributed by atoms with E-state index in [-0.39, 0.29) is 36.5 Å². The van der Waals surface area contributed by atoms with Crippen LogP contribution in [0.3, 0.4) is 0 Å². The Balaban J connectivity index is 1.98. The second-order valence-electron chi connectivity index (χ2n) is 8.58. The monoisotopic (exact) mass is 556 g/mol. The molecule has 1 unspecified atom stereocenters. The van der Waals surface area contributed by atoms with Crippen molar-refractivity contribution in [3.8, 4) is 5.75 Å². The maximum absolute atomic E-state index is 14.4. The molecule has 12 heteroatoms. The molecule has 206 valence electrons. The molecule has 39 heavy (non-hydrogen) atoms. The molecule has 1 aliphatic heterocycles. The molecule has 2 bridgehead atoms. The molecule has 2 heterocycles. The number of benzene rings is 1. The minimum Gasteiger partial charge on any atom is -0.508 e. The van der Waals surface area contributed by atoms with E-state index in [1.54, 1.807) is 24.3 Å². The van der Waals surface area contributed by atoms with Crippen LogP contribution in [0, 0.1) is 5.82 Å². The van der Waals surface area contributed by atoms with Gasteiger partial charge in [-0.05, 0) is 55.0 Å². The van der Waals surface area contributed by atoms with Gasteiger partial charge in [-0.15, -0.1) is 0 Å². The highest BCUT2D eigenvalue weighted by molar-refractivity contribution is 7.80. The van der Waals surface area contributed by atoms with Gasteiger partial charge in [-0.25, -0.2) is 14.2 Å². The molecule has 1 aromatic heterocycles. The van der Waals surface area contributed by atoms with Gasteiger partial charge in [0.1, 0.15) is 23.6 Å². The van der Waals surface area contributed by atoms with Gasteiger partial charge in [-0.2, -0.15) is 12.6 Å². The van der Waals surface area contributed by atoms with E-state index in [2.05, 4.69) is 33.6 Å². The van der Waals surface area contributed by atoms with E-state index in [4.69, 9.17) is 4.74 Å². The summed E-state index contributed by atoms with van der Waals surface area (Å²) >= 11 is 4.15. The lowest BCUT2D eigenvalue weighted by Gasteiger charge is -2.22. The van der Waals surface area contributed by atoms with Crippen LogP contribution in [0.25, 0.3) is 0 Å². The molecule has 0 fully saturated rings. The number of phenolic OH excluding ortho intramolecular Hbond substituents is 1. The molecule has 1 aliphatic rings. The molecule has 4 N–H and O–H groups in total. The number of thiol groups is 1. The fourth-order valence-electron chi connectivity index (χ4n) is 3.63. The molecule has 3 amide bonds. The summed E-state index contributed by atoms with van der Waals surface area (Å²) in [4.78, 5) is 55.8. The van der Waals surface area contributed by atoms with Gasteiger partial charge in [-0.3, -0.25) is 14.4 Å². The number of allylic oxidation sites excluding steroid dienone is 2. The number of phenols is 1. The van der Waals surface area contributed by atoms with Crippen molar-refractivity contribution in [3.63, 3.8) is 0 Å². The molecule has 2 aromatic rings. The van der Waals surface area contributed by atoms with Crippen molar-refractivity contribution >= 4 is 36.3 Å². The Morgan fingerprint density at radius 1 is 1.13 bits per heavy atom. The molecule has 0 spiro atoms. The molecular weight excluding hydrogens is 527 g/mol. The molecule has 0 aliphatic carbocycles. The number of esters is 1. The Kier molecular flexibility index (Phi) is 10.6. The predicted molar refractivity (Wildman–Crippen MR) is 143 cm³/mol. The van der Waals surface area contributed by atoms with Crippen LogP contribution in [0.4, 0.5) is 4.39 Å². The second-order valence-corrected chi connectivity index (χ2v) is 9.03. The van der Waals surface area contributed by atoms with Crippen LogP contribution >= 0.6 is 12.6 Å². The van der Waals surface area contributed by atoms with Crippen LogP contribution in [0.15, 0.2) is 60.3 Å². The number of nitrogens with zero attached hydrogens (tertiary/aromatic N) is 1. The zero-order valence-corrected chi connectivity index (χ0v) is 22.0. The van der Waals surface area contributed by atoms with E-state index in [9.17, 15) is 28.7 Å². The van der Waals surface area contributed by atoms with Crippen LogP contribution in [0.2, 0.25) is 0 Å². The van der Waals surface area contributed by atoms with Crippen LogP contribution in [-0.2, 0) is 32.1 Å². The van der Waals surface area contributed by atoms with E-state index in [1.165, 1.54) is 31.2 Å². The Morgan fingerprint density at radius 3 is 2.56 bits per heavy atom. The number of aromatic nitrogens is 1. The van der Waals surface area contributed by atoms with Crippen LogP contribution in [0.1, 0.15) is 41.5 Å². The lowest BCUT2D eigenvalue weighted by Crippen LogP contribution is -2.47. The average Bonchev–Trinajstić information content (AvgIpc) is 2.91. The minimum absolute atomic E-state index is 0.0205. The van der Waals surface area contributed by atoms with E-state index < -0.39 is 47.3 Å². The minimum atomic E-state index is -1.23. The van der Waals surface area contributed by atoms with Crippen LogP contribution in [-0.4, -0.2) is 51.7 Å². The molecule has 0 saturated heterocycles. The topological polar surface area (TPSA) is 147 Å². The van der Waals surface area contributed by atoms with Crippen molar-refractivity contribution in [1.29, 1.82) is 0 Å². The van der Waals surface area contributed by atoms with Crippen molar-refractivity contribution in [3.05, 3.63) is 83.1 Å². The van der Waals surface area contributed by atoms with Gasteiger partial charge in [0.25, 0.3) is 11.8 Å². The standard InChI is InChI=1S/C27H29FN4O6S/c1-2-21-25(35)32-22(13-16-6-9-18(33)10-7-16)27(37)38-19(5-3-4-12-39)14-23(34)29-15-17-8-11-20(28)24(30-17)26(36)31-21/h2-3,5-11,19,22,33,39H,4,12-15H2,1H3,(H,29,34)(H,31,36)(H,32,35)/b5-3+,21-2-/t19-,22?/m1/s1. The third-order valence-electron chi connectivity index (χ3n) is 5.63. The summed E-state index contributed by atoms with van der Waals surface area (Å²) in [5, 5.41) is 17.1.